The molecule has 0 amide bonds. The van der Waals surface area contributed by atoms with Gasteiger partial charge in [0.1, 0.15) is 23.9 Å². The molecule has 0 bridgehead atoms. The summed E-state index contributed by atoms with van der Waals surface area (Å²) < 4.78 is 18.2. The molecule has 6 rings (SSSR count). The standard InChI is InChI=1S/C31H27BrClNO3S/c1-35-27-11-8-21(17-24(27)32)31(22-9-12-28(36-2)25(33)18-22)19-38-16-14-34(31)26-13-15-37-29-10-7-20-5-3-4-6-23(20)30(26)29/h3-13,17-18H,14-16,19H2,1-2H3. The van der Waals surface area contributed by atoms with Crippen molar-refractivity contribution in [2.24, 2.45) is 0 Å². The summed E-state index contributed by atoms with van der Waals surface area (Å²) in [6, 6.07) is 25.3. The fraction of sp³-hybridized carbons (Fsp3) is 0.226. The average Bonchev–Trinajstić information content (AvgIpc) is 2.96. The van der Waals surface area contributed by atoms with Crippen LogP contribution in [0.5, 0.6) is 17.2 Å². The molecule has 2 heterocycles. The topological polar surface area (TPSA) is 30.9 Å². The van der Waals surface area contributed by atoms with E-state index >= 15 is 0 Å². The zero-order chi connectivity index (χ0) is 26.3. The van der Waals surface area contributed by atoms with E-state index in [9.17, 15) is 0 Å². The molecular weight excluding hydrogens is 582 g/mol. The molecule has 7 heteroatoms. The Morgan fingerprint density at radius 2 is 1.71 bits per heavy atom. The molecule has 0 spiro atoms. The third kappa shape index (κ3) is 4.14. The van der Waals surface area contributed by atoms with E-state index in [1.165, 1.54) is 16.5 Å². The summed E-state index contributed by atoms with van der Waals surface area (Å²) in [4.78, 5) is 2.56. The molecule has 1 atom stereocenters. The molecule has 0 saturated carbocycles. The first kappa shape index (κ1) is 25.5. The quantitative estimate of drug-likeness (QED) is 0.229. The van der Waals surface area contributed by atoms with Crippen LogP contribution in [0.4, 0.5) is 0 Å². The van der Waals surface area contributed by atoms with Crippen LogP contribution in [-0.4, -0.2) is 43.8 Å². The Kier molecular flexibility index (Phi) is 6.97. The molecule has 1 fully saturated rings. The van der Waals surface area contributed by atoms with E-state index < -0.39 is 5.54 Å². The molecule has 0 radical (unpaired) electrons. The number of hydrogen-bond acceptors (Lipinski definition) is 5. The van der Waals surface area contributed by atoms with Crippen molar-refractivity contribution in [3.8, 4) is 17.2 Å². The number of halogens is 2. The largest absolute Gasteiger partial charge is 0.496 e. The third-order valence-electron chi connectivity index (χ3n) is 7.44. The highest BCUT2D eigenvalue weighted by molar-refractivity contribution is 9.10. The summed E-state index contributed by atoms with van der Waals surface area (Å²) in [6.07, 6.45) is 2.23. The first-order chi connectivity index (χ1) is 18.6. The zero-order valence-corrected chi connectivity index (χ0v) is 24.3. The minimum Gasteiger partial charge on any atom is -0.496 e. The van der Waals surface area contributed by atoms with Gasteiger partial charge in [-0.3, -0.25) is 0 Å². The fourth-order valence-electron chi connectivity index (χ4n) is 5.66. The van der Waals surface area contributed by atoms with Crippen molar-refractivity contribution >= 4 is 55.8 Å². The van der Waals surface area contributed by atoms with E-state index in [2.05, 4.69) is 87.6 Å². The molecule has 4 nitrogen and oxygen atoms in total. The van der Waals surface area contributed by atoms with E-state index in [1.807, 2.05) is 23.9 Å². The average molecular weight is 609 g/mol. The number of thioether (sulfide) groups is 1. The van der Waals surface area contributed by atoms with Crippen molar-refractivity contribution in [3.05, 3.63) is 105 Å². The van der Waals surface area contributed by atoms with Crippen molar-refractivity contribution in [1.82, 2.24) is 4.90 Å². The van der Waals surface area contributed by atoms with Gasteiger partial charge in [0.2, 0.25) is 0 Å². The highest BCUT2D eigenvalue weighted by Gasteiger charge is 2.45. The monoisotopic (exact) mass is 607 g/mol. The molecule has 194 valence electrons. The summed E-state index contributed by atoms with van der Waals surface area (Å²) in [7, 11) is 3.34. The van der Waals surface area contributed by atoms with Gasteiger partial charge in [-0.1, -0.05) is 54.1 Å². The van der Waals surface area contributed by atoms with Crippen molar-refractivity contribution in [2.45, 2.75) is 5.54 Å². The maximum absolute atomic E-state index is 6.76. The fourth-order valence-corrected chi connectivity index (χ4v) is 7.70. The van der Waals surface area contributed by atoms with Gasteiger partial charge in [-0.25, -0.2) is 0 Å². The van der Waals surface area contributed by atoms with Crippen LogP contribution in [0.3, 0.4) is 0 Å². The Morgan fingerprint density at radius 1 is 0.947 bits per heavy atom. The Morgan fingerprint density at radius 3 is 2.47 bits per heavy atom. The minimum absolute atomic E-state index is 0.495. The maximum atomic E-state index is 6.76. The third-order valence-corrected chi connectivity index (χ3v) is 9.45. The van der Waals surface area contributed by atoms with E-state index in [0.29, 0.717) is 17.4 Å². The number of rotatable bonds is 5. The lowest BCUT2D eigenvalue weighted by Crippen LogP contribution is -2.52. The van der Waals surface area contributed by atoms with Gasteiger partial charge in [0.25, 0.3) is 0 Å². The molecular formula is C31H27BrClNO3S. The lowest BCUT2D eigenvalue weighted by atomic mass is 9.81. The van der Waals surface area contributed by atoms with Gasteiger partial charge in [0, 0.05) is 29.3 Å². The predicted molar refractivity (Wildman–Crippen MR) is 161 cm³/mol. The van der Waals surface area contributed by atoms with Gasteiger partial charge in [-0.2, -0.15) is 11.8 Å². The van der Waals surface area contributed by atoms with Crippen LogP contribution in [0.15, 0.2) is 83.3 Å². The van der Waals surface area contributed by atoms with Gasteiger partial charge >= 0.3 is 0 Å². The van der Waals surface area contributed by atoms with Crippen molar-refractivity contribution in [1.29, 1.82) is 0 Å². The number of benzene rings is 4. The van der Waals surface area contributed by atoms with Crippen LogP contribution >= 0.6 is 39.3 Å². The molecule has 0 aliphatic carbocycles. The van der Waals surface area contributed by atoms with Gasteiger partial charge < -0.3 is 19.1 Å². The molecule has 0 N–H and O–H groups in total. The summed E-state index contributed by atoms with van der Waals surface area (Å²) in [5.74, 6) is 4.25. The van der Waals surface area contributed by atoms with Crippen LogP contribution in [-0.2, 0) is 5.54 Å². The number of ether oxygens (including phenoxy) is 3. The number of hydrogen-bond donors (Lipinski definition) is 0. The van der Waals surface area contributed by atoms with Crippen LogP contribution in [0.2, 0.25) is 5.02 Å². The van der Waals surface area contributed by atoms with Crippen LogP contribution < -0.4 is 14.2 Å². The Labute approximate surface area is 240 Å². The summed E-state index contributed by atoms with van der Waals surface area (Å²) in [6.45, 7) is 1.39. The first-order valence-corrected chi connectivity index (χ1v) is 14.8. The van der Waals surface area contributed by atoms with E-state index in [-0.39, 0.29) is 0 Å². The molecule has 1 unspecified atom stereocenters. The highest BCUT2D eigenvalue weighted by Crippen LogP contribution is 2.50. The molecule has 0 aromatic heterocycles. The number of methoxy groups -OCH3 is 2. The van der Waals surface area contributed by atoms with E-state index in [4.69, 9.17) is 25.8 Å². The van der Waals surface area contributed by atoms with Crippen molar-refractivity contribution in [3.63, 3.8) is 0 Å². The molecule has 38 heavy (non-hydrogen) atoms. The van der Waals surface area contributed by atoms with Gasteiger partial charge in [-0.15, -0.1) is 0 Å². The highest BCUT2D eigenvalue weighted by atomic mass is 79.9. The molecule has 2 aliphatic rings. The van der Waals surface area contributed by atoms with Gasteiger partial charge in [0.15, 0.2) is 0 Å². The van der Waals surface area contributed by atoms with Crippen LogP contribution in [0, 0.1) is 0 Å². The maximum Gasteiger partial charge on any atom is 0.137 e. The van der Waals surface area contributed by atoms with Crippen LogP contribution in [0.25, 0.3) is 16.5 Å². The van der Waals surface area contributed by atoms with Crippen molar-refractivity contribution < 1.29 is 14.2 Å². The van der Waals surface area contributed by atoms with E-state index in [0.717, 1.165) is 50.7 Å². The summed E-state index contributed by atoms with van der Waals surface area (Å²) in [5.41, 5.74) is 4.10. The zero-order valence-electron chi connectivity index (χ0n) is 21.2. The normalized spacial score (nSPS) is 18.9. The number of fused-ring (bicyclic) bond motifs is 3. The summed E-state index contributed by atoms with van der Waals surface area (Å²) >= 11 is 12.5. The van der Waals surface area contributed by atoms with Gasteiger partial charge in [-0.05, 0) is 74.2 Å². The second-order valence-electron chi connectivity index (χ2n) is 9.32. The number of nitrogens with zero attached hydrogens (tertiary/aromatic N) is 1. The van der Waals surface area contributed by atoms with Crippen LogP contribution in [0.1, 0.15) is 16.7 Å². The molecule has 4 aromatic carbocycles. The van der Waals surface area contributed by atoms with E-state index in [1.54, 1.807) is 14.2 Å². The first-order valence-electron chi connectivity index (χ1n) is 12.5. The minimum atomic E-state index is -0.495. The SMILES string of the molecule is COc1ccc(C2(c3ccc(OC)c(Br)c3)CSCCN2C2=CCOc3ccc4ccccc4c32)cc1Cl. The second kappa shape index (κ2) is 10.4. The smallest absolute Gasteiger partial charge is 0.137 e. The lowest BCUT2D eigenvalue weighted by Gasteiger charge is -2.51. The molecule has 4 aromatic rings. The Balaban J connectivity index is 1.62. The van der Waals surface area contributed by atoms with Gasteiger partial charge in [0.05, 0.1) is 29.3 Å². The Bertz CT molecular complexity index is 1500. The lowest BCUT2D eigenvalue weighted by molar-refractivity contribution is 0.229. The molecule has 2 aliphatic heterocycles. The Hall–Kier alpha value is -2.80. The second-order valence-corrected chi connectivity index (χ2v) is 11.7. The van der Waals surface area contributed by atoms with Crippen molar-refractivity contribution in [2.75, 3.05) is 38.9 Å². The predicted octanol–water partition coefficient (Wildman–Crippen LogP) is 8.00. The molecule has 1 saturated heterocycles. The summed E-state index contributed by atoms with van der Waals surface area (Å²) in [5, 5.41) is 2.98.